The lowest BCUT2D eigenvalue weighted by molar-refractivity contribution is -0.130. The number of rotatable bonds is 4. The SMILES string of the molecule is CC(NCc1c(Cl)oc2ccccc12)C(=O)N(C)C. The van der Waals surface area contributed by atoms with Crippen LogP contribution in [0.15, 0.2) is 28.7 Å². The summed E-state index contributed by atoms with van der Waals surface area (Å²) in [4.78, 5) is 13.3. The molecule has 0 spiro atoms. The molecule has 0 aliphatic carbocycles. The van der Waals surface area contributed by atoms with Crippen LogP contribution in [0.2, 0.25) is 5.22 Å². The predicted octanol–water partition coefficient (Wildman–Crippen LogP) is 2.65. The molecule has 1 amide bonds. The first-order valence-electron chi connectivity index (χ1n) is 6.11. The summed E-state index contributed by atoms with van der Waals surface area (Å²) >= 11 is 6.09. The number of nitrogens with zero attached hydrogens (tertiary/aromatic N) is 1. The number of halogens is 1. The van der Waals surface area contributed by atoms with Gasteiger partial charge in [-0.3, -0.25) is 4.79 Å². The molecule has 1 aromatic heterocycles. The minimum absolute atomic E-state index is 0.0314. The van der Waals surface area contributed by atoms with E-state index in [1.165, 1.54) is 0 Å². The highest BCUT2D eigenvalue weighted by Gasteiger charge is 2.17. The minimum Gasteiger partial charge on any atom is -0.444 e. The van der Waals surface area contributed by atoms with Gasteiger partial charge in [0.2, 0.25) is 5.91 Å². The third-order valence-electron chi connectivity index (χ3n) is 3.05. The molecule has 1 atom stereocenters. The molecule has 0 aliphatic rings. The minimum atomic E-state index is -0.264. The van der Waals surface area contributed by atoms with Crippen molar-refractivity contribution < 1.29 is 9.21 Å². The van der Waals surface area contributed by atoms with Crippen molar-refractivity contribution in [3.63, 3.8) is 0 Å². The summed E-state index contributed by atoms with van der Waals surface area (Å²) in [5.41, 5.74) is 1.64. The Bertz CT molecular complexity index is 592. The molecular formula is C14H17ClN2O2. The van der Waals surface area contributed by atoms with Crippen LogP contribution in [0.4, 0.5) is 0 Å². The van der Waals surface area contributed by atoms with Gasteiger partial charge in [-0.2, -0.15) is 0 Å². The second-order valence-corrected chi connectivity index (χ2v) is 5.03. The van der Waals surface area contributed by atoms with Crippen LogP contribution < -0.4 is 5.32 Å². The van der Waals surface area contributed by atoms with Crippen LogP contribution in [0.3, 0.4) is 0 Å². The third-order valence-corrected chi connectivity index (χ3v) is 3.35. The normalized spacial score (nSPS) is 12.6. The largest absolute Gasteiger partial charge is 0.444 e. The third kappa shape index (κ3) is 2.91. The Kier molecular flexibility index (Phi) is 4.12. The van der Waals surface area contributed by atoms with Crippen molar-refractivity contribution in [1.82, 2.24) is 10.2 Å². The highest BCUT2D eigenvalue weighted by atomic mass is 35.5. The van der Waals surface area contributed by atoms with Crippen LogP contribution in [0.25, 0.3) is 11.0 Å². The van der Waals surface area contributed by atoms with Crippen molar-refractivity contribution in [3.8, 4) is 0 Å². The Morgan fingerprint density at radius 2 is 2.11 bits per heavy atom. The average molecular weight is 281 g/mol. The molecule has 19 heavy (non-hydrogen) atoms. The molecule has 1 aromatic carbocycles. The Hall–Kier alpha value is -1.52. The molecule has 1 unspecified atom stereocenters. The summed E-state index contributed by atoms with van der Waals surface area (Å²) in [5.74, 6) is 0.0314. The van der Waals surface area contributed by atoms with Gasteiger partial charge in [0.25, 0.3) is 0 Å². The van der Waals surface area contributed by atoms with E-state index in [0.29, 0.717) is 11.8 Å². The number of benzene rings is 1. The predicted molar refractivity (Wildman–Crippen MR) is 76.2 cm³/mol. The van der Waals surface area contributed by atoms with E-state index in [-0.39, 0.29) is 11.9 Å². The molecule has 0 bridgehead atoms. The van der Waals surface area contributed by atoms with Crippen molar-refractivity contribution in [3.05, 3.63) is 35.0 Å². The van der Waals surface area contributed by atoms with Gasteiger partial charge in [0.1, 0.15) is 5.58 Å². The van der Waals surface area contributed by atoms with Gasteiger partial charge in [0.15, 0.2) is 5.22 Å². The zero-order valence-electron chi connectivity index (χ0n) is 11.2. The smallest absolute Gasteiger partial charge is 0.238 e. The Morgan fingerprint density at radius 1 is 1.42 bits per heavy atom. The monoisotopic (exact) mass is 280 g/mol. The number of nitrogens with one attached hydrogen (secondary N) is 1. The van der Waals surface area contributed by atoms with Gasteiger partial charge in [-0.1, -0.05) is 18.2 Å². The van der Waals surface area contributed by atoms with Crippen molar-refractivity contribution in [2.45, 2.75) is 19.5 Å². The van der Waals surface area contributed by atoms with Crippen molar-refractivity contribution in [2.24, 2.45) is 0 Å². The number of carbonyl (C=O) groups is 1. The zero-order valence-corrected chi connectivity index (χ0v) is 12.0. The summed E-state index contributed by atoms with van der Waals surface area (Å²) < 4.78 is 5.47. The van der Waals surface area contributed by atoms with Crippen molar-refractivity contribution in [1.29, 1.82) is 0 Å². The first-order valence-corrected chi connectivity index (χ1v) is 6.49. The van der Waals surface area contributed by atoms with E-state index in [0.717, 1.165) is 16.5 Å². The van der Waals surface area contributed by atoms with E-state index in [9.17, 15) is 4.79 Å². The second kappa shape index (κ2) is 5.63. The molecule has 2 aromatic rings. The second-order valence-electron chi connectivity index (χ2n) is 4.69. The number of hydrogen-bond donors (Lipinski definition) is 1. The number of furan rings is 1. The molecule has 1 heterocycles. The molecule has 0 aliphatic heterocycles. The Morgan fingerprint density at radius 3 is 2.79 bits per heavy atom. The van der Waals surface area contributed by atoms with Crippen LogP contribution in [0.5, 0.6) is 0 Å². The fourth-order valence-electron chi connectivity index (χ4n) is 1.96. The number of fused-ring (bicyclic) bond motifs is 1. The lowest BCUT2D eigenvalue weighted by atomic mass is 10.1. The van der Waals surface area contributed by atoms with E-state index in [1.807, 2.05) is 31.2 Å². The number of carbonyl (C=O) groups excluding carboxylic acids is 1. The summed E-state index contributed by atoms with van der Waals surface area (Å²) in [6, 6.07) is 7.41. The molecule has 4 nitrogen and oxygen atoms in total. The van der Waals surface area contributed by atoms with Gasteiger partial charge in [0.05, 0.1) is 6.04 Å². The van der Waals surface area contributed by atoms with Gasteiger partial charge >= 0.3 is 0 Å². The van der Waals surface area contributed by atoms with E-state index in [4.69, 9.17) is 16.0 Å². The van der Waals surface area contributed by atoms with Gasteiger partial charge in [-0.25, -0.2) is 0 Å². The Labute approximate surface area is 117 Å². The summed E-state index contributed by atoms with van der Waals surface area (Å²) in [7, 11) is 3.47. The van der Waals surface area contributed by atoms with Crippen molar-refractivity contribution in [2.75, 3.05) is 14.1 Å². The van der Waals surface area contributed by atoms with Gasteiger partial charge in [-0.15, -0.1) is 0 Å². The fourth-order valence-corrected chi connectivity index (χ4v) is 2.22. The maximum Gasteiger partial charge on any atom is 0.238 e. The zero-order chi connectivity index (χ0) is 14.0. The number of amides is 1. The highest BCUT2D eigenvalue weighted by molar-refractivity contribution is 6.30. The van der Waals surface area contributed by atoms with Gasteiger partial charge in [0, 0.05) is 31.6 Å². The molecule has 2 rings (SSSR count). The Balaban J connectivity index is 2.14. The molecule has 5 heteroatoms. The van der Waals surface area contributed by atoms with E-state index < -0.39 is 0 Å². The summed E-state index contributed by atoms with van der Waals surface area (Å²) in [6.07, 6.45) is 0. The summed E-state index contributed by atoms with van der Waals surface area (Å²) in [6.45, 7) is 2.33. The molecule has 0 saturated carbocycles. The van der Waals surface area contributed by atoms with Crippen molar-refractivity contribution >= 4 is 28.5 Å². The number of para-hydroxylation sites is 1. The highest BCUT2D eigenvalue weighted by Crippen LogP contribution is 2.29. The van der Waals surface area contributed by atoms with Gasteiger partial charge in [-0.05, 0) is 24.6 Å². The first kappa shape index (κ1) is 13.9. The number of likely N-dealkylation sites (N-methyl/N-ethyl adjacent to an activating group) is 1. The van der Waals surface area contributed by atoms with Crippen LogP contribution in [0, 0.1) is 0 Å². The maximum absolute atomic E-state index is 11.8. The number of hydrogen-bond acceptors (Lipinski definition) is 3. The molecular weight excluding hydrogens is 264 g/mol. The van der Waals surface area contributed by atoms with Crippen LogP contribution in [0.1, 0.15) is 12.5 Å². The van der Waals surface area contributed by atoms with Crippen LogP contribution in [-0.4, -0.2) is 30.9 Å². The molecule has 102 valence electrons. The molecule has 0 radical (unpaired) electrons. The maximum atomic E-state index is 11.8. The van der Waals surface area contributed by atoms with Crippen LogP contribution in [-0.2, 0) is 11.3 Å². The standard InChI is InChI=1S/C14H17ClN2O2/c1-9(14(18)17(2)3)16-8-11-10-6-4-5-7-12(10)19-13(11)15/h4-7,9,16H,8H2,1-3H3. The average Bonchev–Trinajstić information content (AvgIpc) is 2.70. The first-order chi connectivity index (χ1) is 9.00. The quantitative estimate of drug-likeness (QED) is 0.936. The molecule has 0 saturated heterocycles. The fraction of sp³-hybridized carbons (Fsp3) is 0.357. The van der Waals surface area contributed by atoms with Gasteiger partial charge < -0.3 is 14.6 Å². The molecule has 0 fully saturated rings. The topological polar surface area (TPSA) is 45.5 Å². The summed E-state index contributed by atoms with van der Waals surface area (Å²) in [5, 5.41) is 4.51. The van der Waals surface area contributed by atoms with E-state index in [1.54, 1.807) is 19.0 Å². The van der Waals surface area contributed by atoms with E-state index >= 15 is 0 Å². The van der Waals surface area contributed by atoms with Crippen LogP contribution >= 0.6 is 11.6 Å². The molecule has 1 N–H and O–H groups in total. The van der Waals surface area contributed by atoms with E-state index in [2.05, 4.69) is 5.32 Å². The lowest BCUT2D eigenvalue weighted by Gasteiger charge is -2.17. The lowest BCUT2D eigenvalue weighted by Crippen LogP contribution is -2.41.